The van der Waals surface area contributed by atoms with Crippen molar-refractivity contribution < 1.29 is 9.53 Å². The quantitative estimate of drug-likeness (QED) is 0.359. The van der Waals surface area contributed by atoms with Gasteiger partial charge in [0, 0.05) is 36.0 Å². The second-order valence-corrected chi connectivity index (χ2v) is 10.5. The van der Waals surface area contributed by atoms with Gasteiger partial charge in [-0.15, -0.1) is 5.10 Å². The van der Waals surface area contributed by atoms with Crippen molar-refractivity contribution in [1.29, 1.82) is 0 Å². The zero-order valence-electron chi connectivity index (χ0n) is 21.9. The van der Waals surface area contributed by atoms with Crippen LogP contribution >= 0.6 is 0 Å². The fraction of sp³-hybridized carbons (Fsp3) is 0.379. The molecule has 1 aliphatic heterocycles. The van der Waals surface area contributed by atoms with Crippen molar-refractivity contribution >= 4 is 17.2 Å². The van der Waals surface area contributed by atoms with Crippen LogP contribution in [0.25, 0.3) is 16.9 Å². The summed E-state index contributed by atoms with van der Waals surface area (Å²) < 4.78 is 7.91. The number of likely N-dealkylation sites (tertiary alicyclic amines) is 1. The van der Waals surface area contributed by atoms with E-state index in [-0.39, 0.29) is 5.91 Å². The summed E-state index contributed by atoms with van der Waals surface area (Å²) in [7, 11) is 2.18. The number of aryl methyl sites for hydroxylation is 1. The van der Waals surface area contributed by atoms with Gasteiger partial charge in [-0.05, 0) is 88.5 Å². The Hall–Kier alpha value is -3.98. The summed E-state index contributed by atoms with van der Waals surface area (Å²) in [6.07, 6.45) is 9.68. The van der Waals surface area contributed by atoms with Gasteiger partial charge in [-0.1, -0.05) is 6.07 Å². The number of aromatic nitrogens is 4. The first-order valence-electron chi connectivity index (χ1n) is 13.3. The molecule has 6 rings (SSSR count). The number of carbonyl (C=O) groups excluding carboxylic acids is 1. The molecular weight excluding hydrogens is 478 g/mol. The summed E-state index contributed by atoms with van der Waals surface area (Å²) in [4.78, 5) is 23.9. The molecule has 4 aromatic rings. The lowest BCUT2D eigenvalue weighted by molar-refractivity contribution is 0.0950. The van der Waals surface area contributed by atoms with E-state index < -0.39 is 0 Å². The van der Waals surface area contributed by atoms with Crippen LogP contribution in [0.3, 0.4) is 0 Å². The van der Waals surface area contributed by atoms with E-state index in [0.29, 0.717) is 29.2 Å². The van der Waals surface area contributed by atoms with Crippen molar-refractivity contribution in [2.75, 3.05) is 32.0 Å². The topological polar surface area (TPSA) is 96.7 Å². The fourth-order valence-corrected chi connectivity index (χ4v) is 4.94. The highest BCUT2D eigenvalue weighted by Crippen LogP contribution is 2.30. The molecule has 1 aromatic carbocycles. The molecule has 2 aliphatic rings. The molecule has 1 saturated carbocycles. The van der Waals surface area contributed by atoms with Gasteiger partial charge in [0.2, 0.25) is 5.88 Å². The minimum Gasteiger partial charge on any atom is -0.436 e. The van der Waals surface area contributed by atoms with Crippen LogP contribution < -0.4 is 15.4 Å². The Labute approximate surface area is 222 Å². The maximum atomic E-state index is 12.6. The van der Waals surface area contributed by atoms with Crippen molar-refractivity contribution in [2.45, 2.75) is 38.6 Å². The summed E-state index contributed by atoms with van der Waals surface area (Å²) in [5.41, 5.74) is 4.99. The van der Waals surface area contributed by atoms with Crippen molar-refractivity contribution in [3.05, 3.63) is 66.1 Å². The average Bonchev–Trinajstić information content (AvgIpc) is 3.63. The molecule has 1 aliphatic carbocycles. The predicted molar refractivity (Wildman–Crippen MR) is 147 cm³/mol. The van der Waals surface area contributed by atoms with Crippen LogP contribution in [0.5, 0.6) is 11.6 Å². The largest absolute Gasteiger partial charge is 0.436 e. The molecule has 3 aromatic heterocycles. The number of carbonyl (C=O) groups is 1. The average molecular weight is 512 g/mol. The van der Waals surface area contributed by atoms with Gasteiger partial charge in [0.05, 0.1) is 23.8 Å². The van der Waals surface area contributed by atoms with Crippen LogP contribution in [0.1, 0.15) is 41.6 Å². The molecule has 0 radical (unpaired) electrons. The van der Waals surface area contributed by atoms with Crippen LogP contribution in [0.2, 0.25) is 0 Å². The van der Waals surface area contributed by atoms with E-state index >= 15 is 0 Å². The molecule has 0 unspecified atom stereocenters. The number of anilines is 1. The van der Waals surface area contributed by atoms with Gasteiger partial charge in [0.1, 0.15) is 5.75 Å². The number of imidazole rings is 1. The van der Waals surface area contributed by atoms with Crippen molar-refractivity contribution in [3.63, 3.8) is 0 Å². The van der Waals surface area contributed by atoms with Gasteiger partial charge < -0.3 is 20.3 Å². The Balaban J connectivity index is 1.32. The number of amides is 1. The highest BCUT2D eigenvalue weighted by Gasteiger charge is 2.25. The van der Waals surface area contributed by atoms with Crippen LogP contribution in [0.4, 0.5) is 5.69 Å². The van der Waals surface area contributed by atoms with Crippen LogP contribution in [0, 0.1) is 12.8 Å². The Morgan fingerprint density at radius 3 is 2.68 bits per heavy atom. The lowest BCUT2D eigenvalue weighted by Crippen LogP contribution is -2.33. The maximum Gasteiger partial charge on any atom is 0.251 e. The SMILES string of the molecule is Cc1cc(-c2cnc3c(NCC4CCN(C)CC4)cc(Oc4cccnc4)nn23)ccc1C(=O)NC1CC1. The molecule has 1 saturated heterocycles. The van der Waals surface area contributed by atoms with Gasteiger partial charge >= 0.3 is 0 Å². The van der Waals surface area contributed by atoms with Crippen molar-refractivity contribution in [3.8, 4) is 22.9 Å². The number of nitrogens with one attached hydrogen (secondary N) is 2. The van der Waals surface area contributed by atoms with Gasteiger partial charge in [-0.3, -0.25) is 9.78 Å². The van der Waals surface area contributed by atoms with Gasteiger partial charge in [0.25, 0.3) is 5.91 Å². The van der Waals surface area contributed by atoms with E-state index in [2.05, 4.69) is 27.6 Å². The van der Waals surface area contributed by atoms with E-state index in [9.17, 15) is 4.79 Å². The summed E-state index contributed by atoms with van der Waals surface area (Å²) in [6, 6.07) is 11.8. The third kappa shape index (κ3) is 5.33. The molecule has 1 amide bonds. The van der Waals surface area contributed by atoms with Crippen LogP contribution in [0.15, 0.2) is 55.0 Å². The van der Waals surface area contributed by atoms with E-state index in [1.165, 1.54) is 12.8 Å². The van der Waals surface area contributed by atoms with E-state index in [1.807, 2.05) is 54.0 Å². The molecule has 9 nitrogen and oxygen atoms in total. The molecule has 2 fully saturated rings. The number of pyridine rings is 1. The first-order valence-corrected chi connectivity index (χ1v) is 13.3. The van der Waals surface area contributed by atoms with Crippen molar-refractivity contribution in [1.82, 2.24) is 29.8 Å². The van der Waals surface area contributed by atoms with Crippen molar-refractivity contribution in [2.24, 2.45) is 5.92 Å². The third-order valence-electron chi connectivity index (χ3n) is 7.40. The zero-order valence-corrected chi connectivity index (χ0v) is 21.9. The van der Waals surface area contributed by atoms with Crippen LogP contribution in [-0.2, 0) is 0 Å². The first kappa shape index (κ1) is 24.4. The predicted octanol–water partition coefficient (Wildman–Crippen LogP) is 4.54. The molecule has 0 atom stereocenters. The molecule has 0 bridgehead atoms. The smallest absolute Gasteiger partial charge is 0.251 e. The Bertz CT molecular complexity index is 1440. The normalized spacial score (nSPS) is 16.5. The number of rotatable bonds is 8. The lowest BCUT2D eigenvalue weighted by Gasteiger charge is -2.29. The van der Waals surface area contributed by atoms with E-state index in [4.69, 9.17) is 14.8 Å². The third-order valence-corrected chi connectivity index (χ3v) is 7.40. The Morgan fingerprint density at radius 2 is 1.95 bits per heavy atom. The molecule has 196 valence electrons. The number of nitrogens with zero attached hydrogens (tertiary/aromatic N) is 5. The number of hydrogen-bond acceptors (Lipinski definition) is 7. The van der Waals surface area contributed by atoms with Crippen LogP contribution in [-0.4, -0.2) is 63.1 Å². The number of hydrogen-bond donors (Lipinski definition) is 2. The monoisotopic (exact) mass is 511 g/mol. The number of benzene rings is 1. The summed E-state index contributed by atoms with van der Waals surface area (Å²) in [5, 5.41) is 11.5. The zero-order chi connectivity index (χ0) is 26.1. The first-order chi connectivity index (χ1) is 18.5. The molecule has 9 heteroatoms. The van der Waals surface area contributed by atoms with E-state index in [1.54, 1.807) is 12.4 Å². The Morgan fingerprint density at radius 1 is 1.11 bits per heavy atom. The fourth-order valence-electron chi connectivity index (χ4n) is 4.94. The Kier molecular flexibility index (Phi) is 6.68. The summed E-state index contributed by atoms with van der Waals surface area (Å²) >= 11 is 0. The van der Waals surface area contributed by atoms with E-state index in [0.717, 1.165) is 60.6 Å². The minimum atomic E-state index is -0.0135. The van der Waals surface area contributed by atoms with Gasteiger partial charge in [-0.25, -0.2) is 9.50 Å². The maximum absolute atomic E-state index is 12.6. The standard InChI is InChI=1S/C29H33N7O2/c1-19-14-21(5-8-24(19)29(37)33-22-6-7-22)26-18-32-28-25(31-16-20-9-12-35(2)13-10-20)15-27(34-36(26)28)38-23-4-3-11-30-17-23/h3-5,8,11,14-15,17-18,20,22,31H,6-7,9-10,12-13,16H2,1-2H3,(H,33,37). The molecule has 2 N–H and O–H groups in total. The summed E-state index contributed by atoms with van der Waals surface area (Å²) in [6.45, 7) is 5.07. The minimum absolute atomic E-state index is 0.0135. The lowest BCUT2D eigenvalue weighted by atomic mass is 9.97. The second-order valence-electron chi connectivity index (χ2n) is 10.5. The number of piperidine rings is 1. The van der Waals surface area contributed by atoms with Gasteiger partial charge in [-0.2, -0.15) is 0 Å². The molecule has 0 spiro atoms. The highest BCUT2D eigenvalue weighted by molar-refractivity contribution is 5.96. The number of fused-ring (bicyclic) bond motifs is 1. The molecule has 4 heterocycles. The molecule has 38 heavy (non-hydrogen) atoms. The molecular formula is C29H33N7O2. The highest BCUT2D eigenvalue weighted by atomic mass is 16.5. The van der Waals surface area contributed by atoms with Gasteiger partial charge in [0.15, 0.2) is 5.65 Å². The number of ether oxygens (including phenoxy) is 1. The summed E-state index contributed by atoms with van der Waals surface area (Å²) in [5.74, 6) is 1.66. The second kappa shape index (κ2) is 10.4.